The summed E-state index contributed by atoms with van der Waals surface area (Å²) in [4.78, 5) is 0. The highest BCUT2D eigenvalue weighted by molar-refractivity contribution is 9.09. The van der Waals surface area contributed by atoms with Crippen LogP contribution in [0.25, 0.3) is 0 Å². The number of nitrogens with zero attached hydrogens (tertiary/aromatic N) is 3. The topological polar surface area (TPSA) is 49.6 Å². The summed E-state index contributed by atoms with van der Waals surface area (Å²) in [7, 11) is 0. The van der Waals surface area contributed by atoms with Gasteiger partial charge in [-0.2, -0.15) is 5.26 Å². The van der Waals surface area contributed by atoms with Gasteiger partial charge in [0.2, 0.25) is 0 Å². The van der Waals surface area contributed by atoms with Gasteiger partial charge in [-0.3, -0.25) is 0 Å². The van der Waals surface area contributed by atoms with Crippen molar-refractivity contribution in [3.05, 3.63) is 10.0 Å². The minimum atomic E-state index is -0.152. The third kappa shape index (κ3) is 1.98. The molecule has 0 aliphatic carbocycles. The Hall–Kier alpha value is -0.470. The van der Waals surface area contributed by atoms with Crippen LogP contribution in [0.5, 0.6) is 0 Å². The maximum Gasteiger partial charge on any atom is 0.135 e. The zero-order chi connectivity index (χ0) is 8.27. The summed E-state index contributed by atoms with van der Waals surface area (Å²) in [5.41, 5.74) is 0. The monoisotopic (exact) mass is 231 g/mol. The van der Waals surface area contributed by atoms with Crippen LogP contribution in [0, 0.1) is 18.3 Å². The molecule has 1 rings (SSSR count). The number of hydrogen-bond acceptors (Lipinski definition) is 4. The second-order valence-electron chi connectivity index (χ2n) is 2.00. The molecular formula is C6H6BrN3S. The predicted octanol–water partition coefficient (Wildman–Crippen LogP) is 1.85. The number of aromatic nitrogens is 2. The fourth-order valence-electron chi connectivity index (χ4n) is 0.608. The van der Waals surface area contributed by atoms with Gasteiger partial charge in [-0.1, -0.05) is 15.9 Å². The van der Waals surface area contributed by atoms with Crippen molar-refractivity contribution in [2.24, 2.45) is 0 Å². The van der Waals surface area contributed by atoms with Crippen molar-refractivity contribution < 1.29 is 0 Å². The van der Waals surface area contributed by atoms with E-state index in [1.807, 2.05) is 6.92 Å². The molecule has 0 fully saturated rings. The molecule has 1 aromatic rings. The minimum Gasteiger partial charge on any atom is -0.198 e. The van der Waals surface area contributed by atoms with Crippen LogP contribution < -0.4 is 0 Å². The Kier molecular flexibility index (Phi) is 2.97. The molecule has 0 N–H and O–H groups in total. The summed E-state index contributed by atoms with van der Waals surface area (Å²) >= 11 is 4.71. The third-order valence-electron chi connectivity index (χ3n) is 1.15. The molecule has 1 unspecified atom stereocenters. The molecule has 0 amide bonds. The number of alkyl halides is 1. The van der Waals surface area contributed by atoms with Crippen molar-refractivity contribution in [2.75, 3.05) is 5.33 Å². The van der Waals surface area contributed by atoms with Crippen LogP contribution >= 0.6 is 27.3 Å². The van der Waals surface area contributed by atoms with Gasteiger partial charge in [0.05, 0.1) is 6.07 Å². The van der Waals surface area contributed by atoms with Gasteiger partial charge in [0.15, 0.2) is 0 Å². The molecule has 1 heterocycles. The molecule has 0 aliphatic heterocycles. The Bertz CT molecular complexity index is 278. The van der Waals surface area contributed by atoms with Gasteiger partial charge in [-0.05, 0) is 6.92 Å². The van der Waals surface area contributed by atoms with E-state index in [0.29, 0.717) is 5.33 Å². The molecule has 0 radical (unpaired) electrons. The summed E-state index contributed by atoms with van der Waals surface area (Å²) in [6.45, 7) is 1.88. The molecule has 5 heteroatoms. The fraction of sp³-hybridized carbons (Fsp3) is 0.500. The Labute approximate surface area is 77.2 Å². The van der Waals surface area contributed by atoms with Crippen LogP contribution in [0.3, 0.4) is 0 Å². The molecule has 0 aliphatic rings. The van der Waals surface area contributed by atoms with Crippen LogP contribution in [0.2, 0.25) is 0 Å². The van der Waals surface area contributed by atoms with E-state index in [1.54, 1.807) is 0 Å². The lowest BCUT2D eigenvalue weighted by Crippen LogP contribution is -1.95. The highest BCUT2D eigenvalue weighted by Gasteiger charge is 2.12. The Morgan fingerprint density at radius 2 is 2.45 bits per heavy atom. The second kappa shape index (κ2) is 3.79. The largest absolute Gasteiger partial charge is 0.198 e. The molecule has 11 heavy (non-hydrogen) atoms. The standard InChI is InChI=1S/C6H6BrN3S/c1-4-9-10-6(11-4)5(2-7)3-8/h5H,2H2,1H3. The lowest BCUT2D eigenvalue weighted by Gasteiger charge is -1.95. The molecule has 0 saturated heterocycles. The summed E-state index contributed by atoms with van der Waals surface area (Å²) in [6.07, 6.45) is 0. The maximum atomic E-state index is 8.65. The molecule has 1 atom stereocenters. The van der Waals surface area contributed by atoms with Gasteiger partial charge in [0.1, 0.15) is 15.9 Å². The van der Waals surface area contributed by atoms with Gasteiger partial charge in [0, 0.05) is 5.33 Å². The quantitative estimate of drug-likeness (QED) is 0.731. The number of halogens is 1. The maximum absolute atomic E-state index is 8.65. The molecule has 3 nitrogen and oxygen atoms in total. The van der Waals surface area contributed by atoms with Crippen LogP contribution in [-0.2, 0) is 0 Å². The van der Waals surface area contributed by atoms with Crippen LogP contribution in [0.15, 0.2) is 0 Å². The van der Waals surface area contributed by atoms with Crippen molar-refractivity contribution in [3.8, 4) is 6.07 Å². The molecule has 1 aromatic heterocycles. The Morgan fingerprint density at radius 1 is 1.73 bits per heavy atom. The van der Waals surface area contributed by atoms with E-state index < -0.39 is 0 Å². The summed E-state index contributed by atoms with van der Waals surface area (Å²) in [5.74, 6) is -0.152. The van der Waals surface area contributed by atoms with Gasteiger partial charge in [-0.25, -0.2) is 0 Å². The normalized spacial score (nSPS) is 12.5. The van der Waals surface area contributed by atoms with Crippen LogP contribution in [-0.4, -0.2) is 15.5 Å². The number of rotatable bonds is 2. The zero-order valence-corrected chi connectivity index (χ0v) is 8.31. The van der Waals surface area contributed by atoms with Crippen LogP contribution in [0.4, 0.5) is 0 Å². The molecule has 0 spiro atoms. The molecule has 0 saturated carbocycles. The first-order chi connectivity index (χ1) is 5.27. The molecule has 0 aromatic carbocycles. The second-order valence-corrected chi connectivity index (χ2v) is 3.86. The van der Waals surface area contributed by atoms with Gasteiger partial charge in [0.25, 0.3) is 0 Å². The van der Waals surface area contributed by atoms with E-state index in [9.17, 15) is 0 Å². The molecule has 58 valence electrons. The van der Waals surface area contributed by atoms with E-state index in [0.717, 1.165) is 10.0 Å². The number of hydrogen-bond donors (Lipinski definition) is 0. The highest BCUT2D eigenvalue weighted by atomic mass is 79.9. The zero-order valence-electron chi connectivity index (χ0n) is 5.91. The number of aryl methyl sites for hydroxylation is 1. The van der Waals surface area contributed by atoms with Crippen molar-refractivity contribution >= 4 is 27.3 Å². The van der Waals surface area contributed by atoms with E-state index in [-0.39, 0.29) is 5.92 Å². The van der Waals surface area contributed by atoms with E-state index in [2.05, 4.69) is 32.2 Å². The van der Waals surface area contributed by atoms with Crippen molar-refractivity contribution in [1.82, 2.24) is 10.2 Å². The van der Waals surface area contributed by atoms with Crippen LogP contribution in [0.1, 0.15) is 15.9 Å². The Morgan fingerprint density at radius 3 is 2.82 bits per heavy atom. The van der Waals surface area contributed by atoms with Gasteiger partial charge < -0.3 is 0 Å². The molecular weight excluding hydrogens is 226 g/mol. The summed E-state index contributed by atoms with van der Waals surface area (Å²) in [5, 5.41) is 18.7. The SMILES string of the molecule is Cc1nnc(C(C#N)CBr)s1. The third-order valence-corrected chi connectivity index (χ3v) is 2.75. The van der Waals surface area contributed by atoms with Crippen molar-refractivity contribution in [1.29, 1.82) is 5.26 Å². The lowest BCUT2D eigenvalue weighted by molar-refractivity contribution is 0.912. The molecule has 0 bridgehead atoms. The number of nitriles is 1. The highest BCUT2D eigenvalue weighted by Crippen LogP contribution is 2.20. The van der Waals surface area contributed by atoms with Gasteiger partial charge >= 0.3 is 0 Å². The van der Waals surface area contributed by atoms with Gasteiger partial charge in [-0.15, -0.1) is 21.5 Å². The van der Waals surface area contributed by atoms with E-state index in [4.69, 9.17) is 5.26 Å². The average Bonchev–Trinajstić information content (AvgIpc) is 2.39. The smallest absolute Gasteiger partial charge is 0.135 e. The van der Waals surface area contributed by atoms with Crippen molar-refractivity contribution in [2.45, 2.75) is 12.8 Å². The first-order valence-electron chi connectivity index (χ1n) is 3.03. The van der Waals surface area contributed by atoms with E-state index >= 15 is 0 Å². The first-order valence-corrected chi connectivity index (χ1v) is 4.97. The minimum absolute atomic E-state index is 0.152. The average molecular weight is 232 g/mol. The fourth-order valence-corrected chi connectivity index (χ4v) is 2.02. The predicted molar refractivity (Wildman–Crippen MR) is 46.8 cm³/mol. The first kappa shape index (κ1) is 8.62. The van der Waals surface area contributed by atoms with E-state index in [1.165, 1.54) is 11.3 Å². The Balaban J connectivity index is 2.84. The lowest BCUT2D eigenvalue weighted by atomic mass is 10.2. The summed E-state index contributed by atoms with van der Waals surface area (Å²) < 4.78 is 0. The van der Waals surface area contributed by atoms with Crippen molar-refractivity contribution in [3.63, 3.8) is 0 Å². The summed E-state index contributed by atoms with van der Waals surface area (Å²) in [6, 6.07) is 2.14.